The van der Waals surface area contributed by atoms with Crippen LogP contribution in [0.1, 0.15) is 33.6 Å². The van der Waals surface area contributed by atoms with Gasteiger partial charge in [-0.15, -0.1) is 0 Å². The van der Waals surface area contributed by atoms with E-state index in [1.54, 1.807) is 20.8 Å². The summed E-state index contributed by atoms with van der Waals surface area (Å²) in [6.07, 6.45) is -0.377. The van der Waals surface area contributed by atoms with Crippen molar-refractivity contribution < 1.29 is 19.4 Å². The Balaban J connectivity index is 2.63. The molecule has 0 bridgehead atoms. The molecule has 0 spiro atoms. The molecule has 0 radical (unpaired) electrons. The molecule has 0 saturated heterocycles. The monoisotopic (exact) mass is 240 g/mol. The second-order valence-electron chi connectivity index (χ2n) is 5.17. The van der Waals surface area contributed by atoms with E-state index in [2.05, 4.69) is 5.32 Å². The van der Waals surface area contributed by atoms with E-state index in [0.29, 0.717) is 0 Å². The first-order chi connectivity index (χ1) is 7.71. The Bertz CT molecular complexity index is 380. The van der Waals surface area contributed by atoms with E-state index >= 15 is 0 Å². The number of carbonyl (C=O) groups excluding carboxylic acids is 1. The average molecular weight is 240 g/mol. The molecule has 2 atom stereocenters. The van der Waals surface area contributed by atoms with Crippen molar-refractivity contribution in [1.29, 1.82) is 5.26 Å². The van der Waals surface area contributed by atoms with Gasteiger partial charge in [-0.05, 0) is 27.2 Å². The van der Waals surface area contributed by atoms with Crippen LogP contribution < -0.4 is 5.32 Å². The lowest BCUT2D eigenvalue weighted by Crippen LogP contribution is -2.47. The maximum absolute atomic E-state index is 11.5. The molecule has 1 aliphatic carbocycles. The highest BCUT2D eigenvalue weighted by molar-refractivity contribution is 5.88. The summed E-state index contributed by atoms with van der Waals surface area (Å²) in [5.41, 5.74) is -2.00. The number of aliphatic carboxylic acids is 1. The molecular weight excluding hydrogens is 224 g/mol. The number of amides is 1. The predicted molar refractivity (Wildman–Crippen MR) is 58.1 cm³/mol. The topological polar surface area (TPSA) is 99.4 Å². The highest BCUT2D eigenvalue weighted by Gasteiger charge is 2.62. The lowest BCUT2D eigenvalue weighted by Gasteiger charge is -2.22. The summed E-state index contributed by atoms with van der Waals surface area (Å²) in [6, 6.07) is 1.91. The zero-order chi connectivity index (χ0) is 13.3. The van der Waals surface area contributed by atoms with Crippen molar-refractivity contribution in [3.63, 3.8) is 0 Å². The molecule has 0 aliphatic heterocycles. The van der Waals surface area contributed by atoms with Gasteiger partial charge < -0.3 is 15.2 Å². The van der Waals surface area contributed by atoms with E-state index in [0.717, 1.165) is 0 Å². The highest BCUT2D eigenvalue weighted by Crippen LogP contribution is 2.46. The Kier molecular flexibility index (Phi) is 3.32. The number of nitrogens with one attached hydrogen (secondary N) is 1. The third-order valence-corrected chi connectivity index (χ3v) is 2.55. The third kappa shape index (κ3) is 3.09. The Labute approximate surface area is 99.6 Å². The van der Waals surface area contributed by atoms with Gasteiger partial charge in [0, 0.05) is 12.3 Å². The maximum Gasteiger partial charge on any atom is 0.408 e. The number of rotatable bonds is 3. The fourth-order valence-corrected chi connectivity index (χ4v) is 1.64. The van der Waals surface area contributed by atoms with Crippen LogP contribution in [0.5, 0.6) is 0 Å². The second kappa shape index (κ2) is 4.24. The van der Waals surface area contributed by atoms with Crippen molar-refractivity contribution in [2.24, 2.45) is 5.92 Å². The summed E-state index contributed by atoms with van der Waals surface area (Å²) in [7, 11) is 0. The van der Waals surface area contributed by atoms with Crippen molar-refractivity contribution in [2.75, 3.05) is 0 Å². The molecule has 2 N–H and O–H groups in total. The van der Waals surface area contributed by atoms with Gasteiger partial charge in [-0.25, -0.2) is 9.59 Å². The molecule has 0 aromatic heterocycles. The van der Waals surface area contributed by atoms with E-state index in [4.69, 9.17) is 15.1 Å². The Morgan fingerprint density at radius 2 is 2.18 bits per heavy atom. The fraction of sp³-hybridized carbons (Fsp3) is 0.727. The number of alkyl carbamates (subject to hydrolysis) is 1. The zero-order valence-electron chi connectivity index (χ0n) is 10.1. The van der Waals surface area contributed by atoms with Crippen LogP contribution in [0.4, 0.5) is 4.79 Å². The molecule has 1 fully saturated rings. The minimum absolute atomic E-state index is 0.113. The normalized spacial score (nSPS) is 26.8. The molecule has 94 valence electrons. The van der Waals surface area contributed by atoms with Gasteiger partial charge in [0.2, 0.25) is 0 Å². The SMILES string of the molecule is CC(C)(C)OC(=O)N[C@]1(C(=O)O)C[C@H]1CC#N. The Morgan fingerprint density at radius 3 is 2.59 bits per heavy atom. The molecule has 1 aliphatic rings. The number of carboxylic acid groups (broad SMARTS) is 1. The summed E-state index contributed by atoms with van der Waals surface area (Å²) in [5, 5.41) is 19.9. The predicted octanol–water partition coefficient (Wildman–Crippen LogP) is 1.27. The molecule has 1 saturated carbocycles. The van der Waals surface area contributed by atoms with Crippen molar-refractivity contribution in [1.82, 2.24) is 5.32 Å². The first-order valence-corrected chi connectivity index (χ1v) is 5.33. The van der Waals surface area contributed by atoms with E-state index < -0.39 is 23.2 Å². The quantitative estimate of drug-likeness (QED) is 0.773. The Morgan fingerprint density at radius 1 is 1.59 bits per heavy atom. The smallest absolute Gasteiger partial charge is 0.408 e. The van der Waals surface area contributed by atoms with Crippen molar-refractivity contribution in [3.8, 4) is 6.07 Å². The van der Waals surface area contributed by atoms with Crippen molar-refractivity contribution in [3.05, 3.63) is 0 Å². The summed E-state index contributed by atoms with van der Waals surface area (Å²) in [5.74, 6) is -1.46. The van der Waals surface area contributed by atoms with Gasteiger partial charge in [0.1, 0.15) is 11.1 Å². The van der Waals surface area contributed by atoms with Crippen LogP contribution >= 0.6 is 0 Å². The van der Waals surface area contributed by atoms with Crippen LogP contribution in [-0.4, -0.2) is 28.3 Å². The molecule has 6 nitrogen and oxygen atoms in total. The molecular formula is C11H16N2O4. The summed E-state index contributed by atoms with van der Waals surface area (Å²) in [4.78, 5) is 22.6. The van der Waals surface area contributed by atoms with Crippen LogP contribution in [0.2, 0.25) is 0 Å². The van der Waals surface area contributed by atoms with Crippen molar-refractivity contribution in [2.45, 2.75) is 44.8 Å². The number of hydrogen-bond acceptors (Lipinski definition) is 4. The number of hydrogen-bond donors (Lipinski definition) is 2. The van der Waals surface area contributed by atoms with Crippen LogP contribution in [0.25, 0.3) is 0 Å². The van der Waals surface area contributed by atoms with Gasteiger partial charge in [0.15, 0.2) is 0 Å². The molecule has 0 heterocycles. The van der Waals surface area contributed by atoms with Crippen LogP contribution in [0.3, 0.4) is 0 Å². The molecule has 0 aromatic rings. The van der Waals surface area contributed by atoms with Crippen LogP contribution in [0, 0.1) is 17.2 Å². The largest absolute Gasteiger partial charge is 0.479 e. The third-order valence-electron chi connectivity index (χ3n) is 2.55. The van der Waals surface area contributed by atoms with Gasteiger partial charge in [0.25, 0.3) is 0 Å². The number of nitriles is 1. The number of carbonyl (C=O) groups is 2. The Hall–Kier alpha value is -1.77. The lowest BCUT2D eigenvalue weighted by molar-refractivity contribution is -0.141. The second-order valence-corrected chi connectivity index (χ2v) is 5.17. The molecule has 1 amide bonds. The number of nitrogens with zero attached hydrogens (tertiary/aromatic N) is 1. The minimum atomic E-state index is -1.32. The van der Waals surface area contributed by atoms with Crippen LogP contribution in [0.15, 0.2) is 0 Å². The van der Waals surface area contributed by atoms with E-state index in [1.165, 1.54) is 0 Å². The zero-order valence-corrected chi connectivity index (χ0v) is 10.1. The van der Waals surface area contributed by atoms with E-state index in [1.807, 2.05) is 6.07 Å². The highest BCUT2D eigenvalue weighted by atomic mass is 16.6. The number of carboxylic acids is 1. The van der Waals surface area contributed by atoms with E-state index in [-0.39, 0.29) is 18.8 Å². The van der Waals surface area contributed by atoms with Gasteiger partial charge >= 0.3 is 12.1 Å². The molecule has 6 heteroatoms. The van der Waals surface area contributed by atoms with Gasteiger partial charge in [-0.1, -0.05) is 0 Å². The number of ether oxygens (including phenoxy) is 1. The van der Waals surface area contributed by atoms with Gasteiger partial charge in [0.05, 0.1) is 6.07 Å². The summed E-state index contributed by atoms with van der Waals surface area (Å²) in [6.45, 7) is 5.08. The fourth-order valence-electron chi connectivity index (χ4n) is 1.64. The van der Waals surface area contributed by atoms with E-state index in [9.17, 15) is 9.59 Å². The van der Waals surface area contributed by atoms with Gasteiger partial charge in [-0.2, -0.15) is 5.26 Å². The molecule has 0 aromatic carbocycles. The van der Waals surface area contributed by atoms with Crippen LogP contribution in [-0.2, 0) is 9.53 Å². The van der Waals surface area contributed by atoms with Gasteiger partial charge in [-0.3, -0.25) is 0 Å². The molecule has 0 unspecified atom stereocenters. The summed E-state index contributed by atoms with van der Waals surface area (Å²) >= 11 is 0. The maximum atomic E-state index is 11.5. The van der Waals surface area contributed by atoms with Crippen molar-refractivity contribution >= 4 is 12.1 Å². The molecule has 17 heavy (non-hydrogen) atoms. The summed E-state index contributed by atoms with van der Waals surface area (Å²) < 4.78 is 4.99. The lowest BCUT2D eigenvalue weighted by atomic mass is 10.1. The molecule has 1 rings (SSSR count). The minimum Gasteiger partial charge on any atom is -0.479 e. The first-order valence-electron chi connectivity index (χ1n) is 5.33. The standard InChI is InChI=1S/C11H16N2O4/c1-10(2,3)17-9(16)13-11(8(14)15)6-7(11)4-5-12/h7H,4,6H2,1-3H3,(H,13,16)(H,14,15)/t7-,11-/m1/s1. The first kappa shape index (κ1) is 13.3. The average Bonchev–Trinajstić information content (AvgIpc) is 2.76.